The Morgan fingerprint density at radius 2 is 1.36 bits per heavy atom. The molecule has 0 aliphatic carbocycles. The van der Waals surface area contributed by atoms with E-state index in [1.54, 1.807) is 61.5 Å². The van der Waals surface area contributed by atoms with E-state index in [2.05, 4.69) is 20.7 Å². The average Bonchev–Trinajstić information content (AvgIpc) is 3.77. The molecule has 2 aliphatic rings. The lowest BCUT2D eigenvalue weighted by Gasteiger charge is -2.28. The Hall–Kier alpha value is -3.78. The lowest BCUT2D eigenvalue weighted by atomic mass is 9.94. The lowest BCUT2D eigenvalue weighted by Crippen LogP contribution is -2.59. The molecule has 2 aromatic rings. The van der Waals surface area contributed by atoms with E-state index in [1.165, 1.54) is 0 Å². The number of ether oxygens (including phenoxy) is 3. The fraction of sp³-hybridized carbons (Fsp3) is 0.484. The minimum atomic E-state index is -3.21. The third kappa shape index (κ3) is 10.2. The molecule has 0 bridgehead atoms. The second-order valence-electron chi connectivity index (χ2n) is 11.0. The van der Waals surface area contributed by atoms with Gasteiger partial charge in [0.15, 0.2) is 5.78 Å². The summed E-state index contributed by atoms with van der Waals surface area (Å²) in [6.45, 7) is -0.163. The van der Waals surface area contributed by atoms with Gasteiger partial charge in [0.2, 0.25) is 17.7 Å². The van der Waals surface area contributed by atoms with Crippen molar-refractivity contribution in [1.82, 2.24) is 20.9 Å². The van der Waals surface area contributed by atoms with Crippen molar-refractivity contribution in [2.45, 2.75) is 50.1 Å². The number of epoxide rings is 1. The predicted octanol–water partition coefficient (Wildman–Crippen LogP) is 0.856. The number of amides is 3. The largest absolute Gasteiger partial charge is 0.379 e. The number of benzene rings is 2. The summed E-state index contributed by atoms with van der Waals surface area (Å²) in [5.74, 6) is -2.47. The fourth-order valence-corrected chi connectivity index (χ4v) is 4.84. The predicted molar refractivity (Wildman–Crippen MR) is 155 cm³/mol. The van der Waals surface area contributed by atoms with Crippen molar-refractivity contribution in [3.8, 4) is 0 Å². The van der Waals surface area contributed by atoms with Crippen LogP contribution in [0.4, 0.5) is 8.78 Å². The Morgan fingerprint density at radius 3 is 1.91 bits per heavy atom. The number of ketones is 1. The molecule has 4 rings (SSSR count). The monoisotopic (exact) mass is 616 g/mol. The van der Waals surface area contributed by atoms with E-state index in [-0.39, 0.29) is 31.8 Å². The molecule has 0 aromatic heterocycles. The van der Waals surface area contributed by atoms with Gasteiger partial charge in [-0.15, -0.1) is 0 Å². The van der Waals surface area contributed by atoms with Crippen LogP contribution < -0.4 is 16.0 Å². The van der Waals surface area contributed by atoms with Gasteiger partial charge in [0.1, 0.15) is 17.7 Å². The molecule has 2 fully saturated rings. The fourth-order valence-electron chi connectivity index (χ4n) is 4.84. The zero-order valence-corrected chi connectivity index (χ0v) is 24.5. The summed E-state index contributed by atoms with van der Waals surface area (Å²) in [6, 6.07) is 14.1. The van der Waals surface area contributed by atoms with Crippen molar-refractivity contribution in [3.05, 3.63) is 71.8 Å². The maximum absolute atomic E-state index is 13.5. The van der Waals surface area contributed by atoms with E-state index >= 15 is 0 Å². The Balaban J connectivity index is 1.49. The van der Waals surface area contributed by atoms with E-state index in [9.17, 15) is 28.0 Å². The molecule has 0 radical (unpaired) electrons. The standard InChI is InChI=1S/C31H38F2N4O7/c1-31(20-44-31)27(39)23(16-21-8-4-2-5-9-21)35-29(41)25(19-43-30(32)33)36-28(40)24(17-22-10-6-3-7-11-22)34-26(38)18-37-12-14-42-15-13-37/h2-11,23-25,30H,12-20H2,1H3,(H,34,38)(H,35,41)(H,36,40)/t23-,24?,25-,31+/m0/s1. The van der Waals surface area contributed by atoms with Crippen LogP contribution in [-0.2, 0) is 46.2 Å². The number of alkyl halides is 2. The molecule has 3 amide bonds. The quantitative estimate of drug-likeness (QED) is 0.236. The molecular weight excluding hydrogens is 578 g/mol. The first kappa shape index (κ1) is 33.1. The van der Waals surface area contributed by atoms with Gasteiger partial charge in [-0.05, 0) is 24.5 Å². The van der Waals surface area contributed by atoms with Crippen LogP contribution in [0.25, 0.3) is 0 Å². The number of nitrogens with one attached hydrogen (secondary N) is 3. The van der Waals surface area contributed by atoms with Crippen molar-refractivity contribution in [1.29, 1.82) is 0 Å². The Labute approximate surface area is 254 Å². The number of hydrogen-bond acceptors (Lipinski definition) is 8. The van der Waals surface area contributed by atoms with Crippen LogP contribution in [0.1, 0.15) is 18.1 Å². The number of hydrogen-bond donors (Lipinski definition) is 3. The van der Waals surface area contributed by atoms with Gasteiger partial charge in [0.25, 0.3) is 0 Å². The van der Waals surface area contributed by atoms with Crippen LogP contribution >= 0.6 is 0 Å². The highest BCUT2D eigenvalue weighted by Crippen LogP contribution is 2.29. The summed E-state index contributed by atoms with van der Waals surface area (Å²) >= 11 is 0. The highest BCUT2D eigenvalue weighted by atomic mass is 19.3. The molecule has 2 aromatic carbocycles. The first-order valence-electron chi connectivity index (χ1n) is 14.5. The van der Waals surface area contributed by atoms with E-state index < -0.39 is 54.7 Å². The third-order valence-corrected chi connectivity index (χ3v) is 7.44. The summed E-state index contributed by atoms with van der Waals surface area (Å²) in [7, 11) is 0. The van der Waals surface area contributed by atoms with E-state index in [1.807, 2.05) is 11.0 Å². The Bertz CT molecular complexity index is 1260. The van der Waals surface area contributed by atoms with Crippen molar-refractivity contribution < 1.29 is 42.2 Å². The zero-order valence-electron chi connectivity index (χ0n) is 24.5. The van der Waals surface area contributed by atoms with Crippen LogP contribution in [0.2, 0.25) is 0 Å². The van der Waals surface area contributed by atoms with Gasteiger partial charge in [-0.1, -0.05) is 60.7 Å². The molecule has 11 nitrogen and oxygen atoms in total. The maximum atomic E-state index is 13.5. The summed E-state index contributed by atoms with van der Waals surface area (Å²) < 4.78 is 41.2. The molecule has 4 atom stereocenters. The van der Waals surface area contributed by atoms with Crippen molar-refractivity contribution in [2.75, 3.05) is 46.1 Å². The molecule has 2 heterocycles. The molecule has 0 spiro atoms. The maximum Gasteiger partial charge on any atom is 0.345 e. The normalized spacial score (nSPS) is 20.3. The lowest BCUT2D eigenvalue weighted by molar-refractivity contribution is -0.148. The van der Waals surface area contributed by atoms with Crippen LogP contribution in [0.5, 0.6) is 0 Å². The second kappa shape index (κ2) is 15.8. The number of nitrogens with zero attached hydrogens (tertiary/aromatic N) is 1. The molecule has 238 valence electrons. The minimum absolute atomic E-state index is 0.0322. The second-order valence-corrected chi connectivity index (χ2v) is 11.0. The van der Waals surface area contributed by atoms with Gasteiger partial charge in [-0.25, -0.2) is 0 Å². The van der Waals surface area contributed by atoms with E-state index in [0.717, 1.165) is 11.1 Å². The molecule has 0 saturated carbocycles. The Morgan fingerprint density at radius 1 is 0.841 bits per heavy atom. The third-order valence-electron chi connectivity index (χ3n) is 7.44. The van der Waals surface area contributed by atoms with Gasteiger partial charge in [-0.2, -0.15) is 8.78 Å². The summed E-state index contributed by atoms with van der Waals surface area (Å²) in [5, 5.41) is 7.79. The van der Waals surface area contributed by atoms with Gasteiger partial charge >= 0.3 is 6.61 Å². The van der Waals surface area contributed by atoms with Crippen LogP contribution in [0.3, 0.4) is 0 Å². The number of carbonyl (C=O) groups excluding carboxylic acids is 4. The van der Waals surface area contributed by atoms with Crippen molar-refractivity contribution in [3.63, 3.8) is 0 Å². The summed E-state index contributed by atoms with van der Waals surface area (Å²) in [4.78, 5) is 55.0. The summed E-state index contributed by atoms with van der Waals surface area (Å²) in [5.41, 5.74) is 0.414. The average molecular weight is 617 g/mol. The van der Waals surface area contributed by atoms with Gasteiger partial charge in [-0.3, -0.25) is 24.1 Å². The zero-order chi connectivity index (χ0) is 31.5. The number of carbonyl (C=O) groups is 4. The van der Waals surface area contributed by atoms with Crippen LogP contribution in [-0.4, -0.2) is 105 Å². The molecule has 44 heavy (non-hydrogen) atoms. The first-order valence-corrected chi connectivity index (χ1v) is 14.5. The number of halogens is 2. The Kier molecular flexibility index (Phi) is 11.9. The molecule has 2 saturated heterocycles. The summed E-state index contributed by atoms with van der Waals surface area (Å²) in [6.07, 6.45) is 0.200. The van der Waals surface area contributed by atoms with Gasteiger partial charge in [0.05, 0.1) is 39.0 Å². The van der Waals surface area contributed by atoms with Crippen molar-refractivity contribution in [2.24, 2.45) is 0 Å². The minimum Gasteiger partial charge on any atom is -0.379 e. The highest BCUT2D eigenvalue weighted by molar-refractivity contribution is 5.98. The molecule has 13 heteroatoms. The number of morpholine rings is 1. The van der Waals surface area contributed by atoms with Gasteiger partial charge in [0, 0.05) is 19.5 Å². The van der Waals surface area contributed by atoms with Crippen LogP contribution in [0, 0.1) is 0 Å². The molecule has 2 aliphatic heterocycles. The number of rotatable bonds is 16. The smallest absolute Gasteiger partial charge is 0.345 e. The highest BCUT2D eigenvalue weighted by Gasteiger charge is 2.50. The number of Topliss-reactive ketones (excluding diaryl/α,β-unsaturated/α-hetero) is 1. The van der Waals surface area contributed by atoms with E-state index in [0.29, 0.717) is 26.3 Å². The first-order chi connectivity index (χ1) is 21.1. The topological polar surface area (TPSA) is 139 Å². The van der Waals surface area contributed by atoms with Crippen molar-refractivity contribution >= 4 is 23.5 Å². The molecule has 1 unspecified atom stereocenters. The SMILES string of the molecule is C[C@]1(C(=O)[C@H](Cc2ccccc2)NC(=O)[C@H](COC(F)F)NC(=O)C(Cc2ccccc2)NC(=O)CN2CCOCC2)CO1. The van der Waals surface area contributed by atoms with Crippen LogP contribution in [0.15, 0.2) is 60.7 Å². The molecule has 3 N–H and O–H groups in total. The van der Waals surface area contributed by atoms with E-state index in [4.69, 9.17) is 9.47 Å². The molecular formula is C31H38F2N4O7. The van der Waals surface area contributed by atoms with Gasteiger partial charge < -0.3 is 30.2 Å².